The Labute approximate surface area is 244 Å². The van der Waals surface area contributed by atoms with Gasteiger partial charge in [-0.05, 0) is 57.6 Å². The van der Waals surface area contributed by atoms with Crippen LogP contribution in [0.1, 0.15) is 18.4 Å². The molecule has 38 heavy (non-hydrogen) atoms. The van der Waals surface area contributed by atoms with Gasteiger partial charge in [0.25, 0.3) is 0 Å². The highest BCUT2D eigenvalue weighted by Crippen LogP contribution is 2.35. The van der Waals surface area contributed by atoms with E-state index >= 15 is 0 Å². The number of aromatic hydroxyl groups is 1. The lowest BCUT2D eigenvalue weighted by molar-refractivity contribution is 0.140. The fourth-order valence-electron chi connectivity index (χ4n) is 4.57. The van der Waals surface area contributed by atoms with Crippen molar-refractivity contribution in [1.82, 2.24) is 14.7 Å². The molecule has 4 rings (SSSR count). The van der Waals surface area contributed by atoms with Crippen LogP contribution in [-0.4, -0.2) is 86.8 Å². The minimum atomic E-state index is -0.166. The highest BCUT2D eigenvalue weighted by molar-refractivity contribution is 5.86. The number of piperazine rings is 1. The van der Waals surface area contributed by atoms with Crippen molar-refractivity contribution < 1.29 is 14.3 Å². The van der Waals surface area contributed by atoms with Gasteiger partial charge in [-0.15, -0.1) is 37.2 Å². The van der Waals surface area contributed by atoms with Gasteiger partial charge in [0.15, 0.2) is 16.8 Å². The summed E-state index contributed by atoms with van der Waals surface area (Å²) in [5, 5.41) is 10.4. The molecular formula is C28H40Cl3N3O4. The molecule has 0 unspecified atom stereocenters. The van der Waals surface area contributed by atoms with Gasteiger partial charge in [0, 0.05) is 50.9 Å². The van der Waals surface area contributed by atoms with Crippen molar-refractivity contribution in [2.75, 3.05) is 67.0 Å². The number of unbranched alkanes of at least 4 members (excludes halogenated alkanes) is 1. The molecule has 2 heterocycles. The Morgan fingerprint density at radius 1 is 0.974 bits per heavy atom. The third kappa shape index (κ3) is 8.76. The van der Waals surface area contributed by atoms with Gasteiger partial charge in [0.2, 0.25) is 5.75 Å². The maximum atomic E-state index is 12.6. The molecular weight excluding hydrogens is 549 g/mol. The third-order valence-corrected chi connectivity index (χ3v) is 6.92. The molecule has 3 aromatic rings. The molecule has 0 radical (unpaired) electrons. The number of ether oxygens (including phenoxy) is 1. The molecule has 0 amide bonds. The van der Waals surface area contributed by atoms with E-state index in [1.165, 1.54) is 57.4 Å². The van der Waals surface area contributed by atoms with Crippen LogP contribution in [0.5, 0.6) is 11.5 Å². The first-order valence-electron chi connectivity index (χ1n) is 12.5. The largest absolute Gasteiger partial charge is 0.504 e. The number of benzene rings is 2. The number of rotatable bonds is 10. The van der Waals surface area contributed by atoms with Gasteiger partial charge in [-0.25, -0.2) is 0 Å². The normalized spacial score (nSPS) is 14.0. The second-order valence-electron chi connectivity index (χ2n) is 9.57. The minimum Gasteiger partial charge on any atom is -0.504 e. The molecule has 1 aromatic heterocycles. The quantitative estimate of drug-likeness (QED) is 0.337. The van der Waals surface area contributed by atoms with E-state index in [1.807, 2.05) is 12.1 Å². The minimum absolute atomic E-state index is 0. The van der Waals surface area contributed by atoms with E-state index in [0.717, 1.165) is 38.0 Å². The fraction of sp³-hybridized carbons (Fsp3) is 0.464. The van der Waals surface area contributed by atoms with Crippen molar-refractivity contribution >= 4 is 48.2 Å². The van der Waals surface area contributed by atoms with Crippen LogP contribution in [0.2, 0.25) is 0 Å². The first kappa shape index (κ1) is 34.0. The van der Waals surface area contributed by atoms with Crippen LogP contribution in [0.3, 0.4) is 0 Å². The Morgan fingerprint density at radius 2 is 1.66 bits per heavy atom. The van der Waals surface area contributed by atoms with Crippen molar-refractivity contribution in [3.05, 3.63) is 58.3 Å². The van der Waals surface area contributed by atoms with Crippen molar-refractivity contribution in [1.29, 1.82) is 0 Å². The number of nitrogens with zero attached hydrogens (tertiary/aromatic N) is 3. The molecule has 10 heteroatoms. The summed E-state index contributed by atoms with van der Waals surface area (Å²) in [6.45, 7) is 8.10. The maximum absolute atomic E-state index is 12.6. The van der Waals surface area contributed by atoms with E-state index in [0.29, 0.717) is 11.1 Å². The fourth-order valence-corrected chi connectivity index (χ4v) is 4.57. The predicted octanol–water partition coefficient (Wildman–Crippen LogP) is 4.94. The molecule has 1 saturated heterocycles. The molecule has 7 nitrogen and oxygen atoms in total. The Balaban J connectivity index is 0.00000241. The van der Waals surface area contributed by atoms with Crippen LogP contribution in [0.15, 0.2) is 51.7 Å². The monoisotopic (exact) mass is 587 g/mol. The summed E-state index contributed by atoms with van der Waals surface area (Å²) in [6.07, 6.45) is 3.33. The number of likely N-dealkylation sites (N-methyl/N-ethyl adjacent to an activating group) is 2. The van der Waals surface area contributed by atoms with Crippen LogP contribution in [0.4, 0.5) is 0 Å². The van der Waals surface area contributed by atoms with Crippen LogP contribution in [-0.2, 0) is 6.42 Å². The molecule has 1 aliphatic rings. The summed E-state index contributed by atoms with van der Waals surface area (Å²) < 4.78 is 11.2. The molecule has 212 valence electrons. The molecule has 2 aromatic carbocycles. The van der Waals surface area contributed by atoms with E-state index in [-0.39, 0.29) is 59.7 Å². The van der Waals surface area contributed by atoms with E-state index in [2.05, 4.69) is 40.9 Å². The molecule has 0 bridgehead atoms. The number of aryl methyl sites for hydroxylation is 1. The average Bonchev–Trinajstić information content (AvgIpc) is 2.86. The van der Waals surface area contributed by atoms with Gasteiger partial charge >= 0.3 is 0 Å². The zero-order valence-corrected chi connectivity index (χ0v) is 24.8. The number of phenolic OH excluding ortho intramolecular Hbond substituents is 1. The summed E-state index contributed by atoms with van der Waals surface area (Å²) in [7, 11) is 5.86. The number of hydrogen-bond donors (Lipinski definition) is 1. The predicted molar refractivity (Wildman–Crippen MR) is 162 cm³/mol. The summed E-state index contributed by atoms with van der Waals surface area (Å²) in [6, 6.07) is 12.6. The summed E-state index contributed by atoms with van der Waals surface area (Å²) in [5.41, 5.74) is 2.19. The molecule has 0 atom stereocenters. The molecule has 1 N–H and O–H groups in total. The van der Waals surface area contributed by atoms with Gasteiger partial charge in [-0.3, -0.25) is 9.69 Å². The topological polar surface area (TPSA) is 69.4 Å². The maximum Gasteiger partial charge on any atom is 0.204 e. The molecule has 0 aliphatic carbocycles. The van der Waals surface area contributed by atoms with Gasteiger partial charge in [0.1, 0.15) is 5.76 Å². The van der Waals surface area contributed by atoms with Crippen LogP contribution in [0, 0.1) is 0 Å². The zero-order chi connectivity index (χ0) is 24.8. The number of halogens is 3. The van der Waals surface area contributed by atoms with Gasteiger partial charge < -0.3 is 24.1 Å². The standard InChI is InChI=1S/C28H37N3O4.3ClH/c1-29(14-17-31-18-15-30(2)16-19-31)13-5-4-6-21-7-9-22(10-8-21)26-20-25(33)23-11-12-24(32)28(34-3)27(23)35-26;;;/h7-12,20,32H,4-6,13-19H2,1-3H3;3*1H. The highest BCUT2D eigenvalue weighted by atomic mass is 35.5. The van der Waals surface area contributed by atoms with Crippen LogP contribution < -0.4 is 10.2 Å². The van der Waals surface area contributed by atoms with Crippen molar-refractivity contribution in [2.24, 2.45) is 0 Å². The van der Waals surface area contributed by atoms with Crippen molar-refractivity contribution in [3.8, 4) is 22.8 Å². The molecule has 0 saturated carbocycles. The smallest absolute Gasteiger partial charge is 0.204 e. The number of methoxy groups -OCH3 is 1. The van der Waals surface area contributed by atoms with Gasteiger partial charge in [0.05, 0.1) is 12.5 Å². The number of hydrogen-bond acceptors (Lipinski definition) is 7. The van der Waals surface area contributed by atoms with Crippen LogP contribution >= 0.6 is 37.2 Å². The second-order valence-corrected chi connectivity index (χ2v) is 9.57. The van der Waals surface area contributed by atoms with Gasteiger partial charge in [-0.2, -0.15) is 0 Å². The lowest BCUT2D eigenvalue weighted by Gasteiger charge is -2.33. The van der Waals surface area contributed by atoms with E-state index in [4.69, 9.17) is 9.15 Å². The Kier molecular flexibility index (Phi) is 14.5. The first-order valence-corrected chi connectivity index (χ1v) is 12.5. The highest BCUT2D eigenvalue weighted by Gasteiger charge is 2.15. The third-order valence-electron chi connectivity index (χ3n) is 6.92. The SMILES string of the molecule is COc1c(O)ccc2c(=O)cc(-c3ccc(CCCCN(C)CCN4CCN(C)CC4)cc3)oc12.Cl.Cl.Cl. The van der Waals surface area contributed by atoms with Crippen molar-refractivity contribution in [3.63, 3.8) is 0 Å². The molecule has 1 aliphatic heterocycles. The zero-order valence-electron chi connectivity index (χ0n) is 22.4. The van der Waals surface area contributed by atoms with E-state index < -0.39 is 0 Å². The number of phenols is 1. The number of fused-ring (bicyclic) bond motifs is 1. The lowest BCUT2D eigenvalue weighted by Crippen LogP contribution is -2.46. The lowest BCUT2D eigenvalue weighted by atomic mass is 10.0. The summed E-state index contributed by atoms with van der Waals surface area (Å²) in [5.74, 6) is 0.576. The summed E-state index contributed by atoms with van der Waals surface area (Å²) >= 11 is 0. The Morgan fingerprint density at radius 3 is 2.32 bits per heavy atom. The first-order chi connectivity index (χ1) is 16.9. The average molecular weight is 589 g/mol. The van der Waals surface area contributed by atoms with Crippen molar-refractivity contribution in [2.45, 2.75) is 19.3 Å². The van der Waals surface area contributed by atoms with E-state index in [1.54, 1.807) is 6.07 Å². The second kappa shape index (κ2) is 16.2. The Hall–Kier alpha value is -2.00. The van der Waals surface area contributed by atoms with E-state index in [9.17, 15) is 9.90 Å². The van der Waals surface area contributed by atoms with Gasteiger partial charge in [-0.1, -0.05) is 24.3 Å². The Bertz CT molecular complexity index is 1180. The molecule has 1 fully saturated rings. The van der Waals surface area contributed by atoms with Crippen LogP contribution in [0.25, 0.3) is 22.3 Å². The summed E-state index contributed by atoms with van der Waals surface area (Å²) in [4.78, 5) is 20.0. The molecule has 0 spiro atoms.